The molecule has 4 aliphatic carbocycles. The van der Waals surface area contributed by atoms with E-state index in [1.165, 1.54) is 38.5 Å². The number of hydrogen-bond acceptors (Lipinski definition) is 2. The van der Waals surface area contributed by atoms with Gasteiger partial charge in [0.25, 0.3) is 0 Å². The van der Waals surface area contributed by atoms with Gasteiger partial charge in [-0.1, -0.05) is 32.4 Å². The zero-order chi connectivity index (χ0) is 18.0. The first kappa shape index (κ1) is 18.0. The van der Waals surface area contributed by atoms with Crippen molar-refractivity contribution in [3.05, 3.63) is 11.6 Å². The lowest BCUT2D eigenvalue weighted by atomic mass is 9.46. The molecule has 8 atom stereocenters. The van der Waals surface area contributed by atoms with Crippen LogP contribution in [-0.4, -0.2) is 21.9 Å². The number of allylic oxidation sites excluding steroid dienone is 1. The molecular formula is C23H38O2. The van der Waals surface area contributed by atoms with Crippen molar-refractivity contribution in [1.82, 2.24) is 0 Å². The molecular weight excluding hydrogens is 308 g/mol. The van der Waals surface area contributed by atoms with E-state index in [0.717, 1.165) is 37.0 Å². The minimum absolute atomic E-state index is 0.111. The zero-order valence-electron chi connectivity index (χ0n) is 16.7. The van der Waals surface area contributed by atoms with Crippen LogP contribution in [0.5, 0.6) is 0 Å². The summed E-state index contributed by atoms with van der Waals surface area (Å²) in [6.07, 6.45) is 12.7. The van der Waals surface area contributed by atoms with Crippen LogP contribution in [0, 0.1) is 34.5 Å². The molecule has 0 radical (unpaired) electrons. The molecule has 0 aromatic rings. The molecule has 4 aliphatic rings. The lowest BCUT2D eigenvalue weighted by Gasteiger charge is -2.58. The van der Waals surface area contributed by atoms with Crippen LogP contribution in [-0.2, 0) is 0 Å². The van der Waals surface area contributed by atoms with E-state index in [-0.39, 0.29) is 6.10 Å². The molecule has 142 valence electrons. The molecule has 0 saturated heterocycles. The Kier molecular flexibility index (Phi) is 4.21. The summed E-state index contributed by atoms with van der Waals surface area (Å²) in [7, 11) is 0. The summed E-state index contributed by atoms with van der Waals surface area (Å²) in [4.78, 5) is 0. The van der Waals surface area contributed by atoms with E-state index in [2.05, 4.69) is 33.8 Å². The average molecular weight is 347 g/mol. The Labute approximate surface area is 154 Å². The first-order valence-corrected chi connectivity index (χ1v) is 10.8. The SMILES string of the molecule is CC[C@](C)(O)[C@H]1CC[C@H]2[C@@H]3CC=C4CC(O)CC[C@]4(C)[C@H]3CC[C@@]21C. The van der Waals surface area contributed by atoms with Gasteiger partial charge in [-0.3, -0.25) is 0 Å². The van der Waals surface area contributed by atoms with Crippen molar-refractivity contribution in [3.8, 4) is 0 Å². The van der Waals surface area contributed by atoms with Gasteiger partial charge in [0.05, 0.1) is 11.7 Å². The third-order valence-electron chi connectivity index (χ3n) is 9.54. The molecule has 0 aromatic heterocycles. The number of aliphatic hydroxyl groups is 2. The minimum Gasteiger partial charge on any atom is -0.393 e. The Hall–Kier alpha value is -0.340. The van der Waals surface area contributed by atoms with E-state index >= 15 is 0 Å². The van der Waals surface area contributed by atoms with Gasteiger partial charge in [0, 0.05) is 0 Å². The summed E-state index contributed by atoms with van der Waals surface area (Å²) in [5.41, 5.74) is 1.70. The van der Waals surface area contributed by atoms with E-state index in [1.807, 2.05) is 0 Å². The quantitative estimate of drug-likeness (QED) is 0.684. The van der Waals surface area contributed by atoms with Gasteiger partial charge in [-0.05, 0) is 99.2 Å². The van der Waals surface area contributed by atoms with Gasteiger partial charge in [0.15, 0.2) is 0 Å². The molecule has 0 spiro atoms. The number of rotatable bonds is 2. The first-order valence-electron chi connectivity index (χ1n) is 10.8. The van der Waals surface area contributed by atoms with Gasteiger partial charge in [-0.25, -0.2) is 0 Å². The van der Waals surface area contributed by atoms with Crippen molar-refractivity contribution in [2.75, 3.05) is 0 Å². The third-order valence-corrected chi connectivity index (χ3v) is 9.54. The molecule has 3 saturated carbocycles. The number of aliphatic hydroxyl groups excluding tert-OH is 1. The van der Waals surface area contributed by atoms with E-state index in [4.69, 9.17) is 0 Å². The highest BCUT2D eigenvalue weighted by molar-refractivity contribution is 5.25. The third kappa shape index (κ3) is 2.50. The monoisotopic (exact) mass is 346 g/mol. The van der Waals surface area contributed by atoms with Crippen LogP contribution >= 0.6 is 0 Å². The van der Waals surface area contributed by atoms with Crippen molar-refractivity contribution in [3.63, 3.8) is 0 Å². The maximum Gasteiger partial charge on any atom is 0.0650 e. The predicted molar refractivity (Wildman–Crippen MR) is 102 cm³/mol. The van der Waals surface area contributed by atoms with Crippen molar-refractivity contribution < 1.29 is 10.2 Å². The van der Waals surface area contributed by atoms with Crippen LogP contribution in [0.25, 0.3) is 0 Å². The second-order valence-electron chi connectivity index (χ2n) is 10.5. The summed E-state index contributed by atoms with van der Waals surface area (Å²) in [5.74, 6) is 2.82. The molecule has 1 unspecified atom stereocenters. The minimum atomic E-state index is -0.509. The van der Waals surface area contributed by atoms with Gasteiger partial charge < -0.3 is 10.2 Å². The molecule has 2 nitrogen and oxygen atoms in total. The van der Waals surface area contributed by atoms with Crippen LogP contribution in [0.2, 0.25) is 0 Å². The van der Waals surface area contributed by atoms with E-state index in [0.29, 0.717) is 16.7 Å². The molecule has 0 bridgehead atoms. The van der Waals surface area contributed by atoms with E-state index < -0.39 is 5.60 Å². The largest absolute Gasteiger partial charge is 0.393 e. The summed E-state index contributed by atoms with van der Waals surface area (Å²) < 4.78 is 0. The van der Waals surface area contributed by atoms with Gasteiger partial charge in [-0.15, -0.1) is 0 Å². The van der Waals surface area contributed by atoms with Crippen molar-refractivity contribution >= 4 is 0 Å². The Bertz CT molecular complexity index is 564. The topological polar surface area (TPSA) is 40.5 Å². The molecule has 3 fully saturated rings. The predicted octanol–water partition coefficient (Wildman–Crippen LogP) is 5.09. The van der Waals surface area contributed by atoms with Crippen LogP contribution in [0.1, 0.15) is 85.5 Å². The fraction of sp³-hybridized carbons (Fsp3) is 0.913. The standard InChI is InChI=1S/C23H38O2/c1-5-23(4,25)20-9-8-18-17-7-6-15-14-16(24)10-12-21(15,2)19(17)11-13-22(18,20)3/h6,16-20,24-25H,5,7-14H2,1-4H3/t16?,17-,18-,19-,20-,21-,22-,23-/m0/s1. The fourth-order valence-corrected chi connectivity index (χ4v) is 7.91. The first-order chi connectivity index (χ1) is 11.7. The Morgan fingerprint density at radius 3 is 2.60 bits per heavy atom. The summed E-state index contributed by atoms with van der Waals surface area (Å²) in [5, 5.41) is 21.2. The number of hydrogen-bond donors (Lipinski definition) is 2. The normalized spacial score (nSPS) is 51.8. The van der Waals surface area contributed by atoms with Gasteiger partial charge in [0.1, 0.15) is 0 Å². The van der Waals surface area contributed by atoms with Crippen LogP contribution in [0.15, 0.2) is 11.6 Å². The summed E-state index contributed by atoms with van der Waals surface area (Å²) >= 11 is 0. The molecule has 0 heterocycles. The maximum atomic E-state index is 11.1. The van der Waals surface area contributed by atoms with Crippen LogP contribution in [0.4, 0.5) is 0 Å². The van der Waals surface area contributed by atoms with Crippen LogP contribution in [0.3, 0.4) is 0 Å². The smallest absolute Gasteiger partial charge is 0.0650 e. The van der Waals surface area contributed by atoms with Gasteiger partial charge in [-0.2, -0.15) is 0 Å². The summed E-state index contributed by atoms with van der Waals surface area (Å²) in [6.45, 7) is 9.23. The highest BCUT2D eigenvalue weighted by Crippen LogP contribution is 2.67. The Balaban J connectivity index is 1.64. The zero-order valence-corrected chi connectivity index (χ0v) is 16.7. The average Bonchev–Trinajstić information content (AvgIpc) is 2.93. The molecule has 2 heteroatoms. The van der Waals surface area contributed by atoms with Gasteiger partial charge in [0.2, 0.25) is 0 Å². The molecule has 0 amide bonds. The van der Waals surface area contributed by atoms with Crippen molar-refractivity contribution in [1.29, 1.82) is 0 Å². The fourth-order valence-electron chi connectivity index (χ4n) is 7.91. The highest BCUT2D eigenvalue weighted by Gasteiger charge is 2.60. The highest BCUT2D eigenvalue weighted by atomic mass is 16.3. The lowest BCUT2D eigenvalue weighted by molar-refractivity contribution is -0.103. The molecule has 2 N–H and O–H groups in total. The molecule has 4 rings (SSSR count). The van der Waals surface area contributed by atoms with Crippen molar-refractivity contribution in [2.45, 2.75) is 97.2 Å². The second-order valence-corrected chi connectivity index (χ2v) is 10.5. The van der Waals surface area contributed by atoms with Crippen molar-refractivity contribution in [2.24, 2.45) is 34.5 Å². The Morgan fingerprint density at radius 1 is 1.12 bits per heavy atom. The molecule has 0 aromatic carbocycles. The lowest BCUT2D eigenvalue weighted by Crippen LogP contribution is -2.52. The second kappa shape index (κ2) is 5.83. The molecule has 0 aliphatic heterocycles. The number of fused-ring (bicyclic) bond motifs is 5. The van der Waals surface area contributed by atoms with Gasteiger partial charge >= 0.3 is 0 Å². The summed E-state index contributed by atoms with van der Waals surface area (Å²) in [6, 6.07) is 0. The van der Waals surface area contributed by atoms with Crippen LogP contribution < -0.4 is 0 Å². The van der Waals surface area contributed by atoms with E-state index in [9.17, 15) is 10.2 Å². The Morgan fingerprint density at radius 2 is 1.88 bits per heavy atom. The molecule has 25 heavy (non-hydrogen) atoms. The van der Waals surface area contributed by atoms with E-state index in [1.54, 1.807) is 5.57 Å². The maximum absolute atomic E-state index is 11.1.